The molecule has 0 spiro atoms. The zero-order valence-electron chi connectivity index (χ0n) is 9.23. The third kappa shape index (κ3) is 2.85. The lowest BCUT2D eigenvalue weighted by molar-refractivity contribution is -0.139. The summed E-state index contributed by atoms with van der Waals surface area (Å²) in [5.74, 6) is -1.32. The lowest BCUT2D eigenvalue weighted by atomic mass is 9.99. The molecule has 0 unspecified atom stereocenters. The van der Waals surface area contributed by atoms with Gasteiger partial charge in [-0.05, 0) is 29.3 Å². The topological polar surface area (TPSA) is 0 Å². The van der Waals surface area contributed by atoms with Crippen LogP contribution in [0.2, 0.25) is 10.0 Å². The van der Waals surface area contributed by atoms with E-state index in [9.17, 15) is 17.6 Å². The van der Waals surface area contributed by atoms with Gasteiger partial charge in [-0.25, -0.2) is 4.39 Å². The Bertz CT molecular complexity index is 621. The Morgan fingerprint density at radius 3 is 2.16 bits per heavy atom. The average molecular weight is 309 g/mol. The SMILES string of the molecule is Fc1cccc(-c2ccc(Cl)c(Cl)c2)c1C(F)(F)F. The Morgan fingerprint density at radius 1 is 0.895 bits per heavy atom. The first kappa shape index (κ1) is 14.2. The largest absolute Gasteiger partial charge is 0.419 e. The summed E-state index contributed by atoms with van der Waals surface area (Å²) in [6.45, 7) is 0. The van der Waals surface area contributed by atoms with E-state index in [2.05, 4.69) is 0 Å². The standard InChI is InChI=1S/C13H6Cl2F4/c14-9-5-4-7(6-10(9)15)8-2-1-3-11(16)12(8)13(17,18)19/h1-6H. The molecule has 0 aromatic heterocycles. The second-order valence-corrected chi connectivity index (χ2v) is 4.60. The van der Waals surface area contributed by atoms with Gasteiger partial charge in [-0.1, -0.05) is 41.4 Å². The molecule has 0 N–H and O–H groups in total. The van der Waals surface area contributed by atoms with Crippen LogP contribution < -0.4 is 0 Å². The van der Waals surface area contributed by atoms with Crippen LogP contribution in [-0.4, -0.2) is 0 Å². The lowest BCUT2D eigenvalue weighted by Gasteiger charge is -2.14. The highest BCUT2D eigenvalue weighted by atomic mass is 35.5. The molecule has 0 fully saturated rings. The van der Waals surface area contributed by atoms with Gasteiger partial charge in [0.2, 0.25) is 0 Å². The average Bonchev–Trinajstić information content (AvgIpc) is 2.30. The summed E-state index contributed by atoms with van der Waals surface area (Å²) < 4.78 is 52.1. The Balaban J connectivity index is 2.69. The highest BCUT2D eigenvalue weighted by Crippen LogP contribution is 2.39. The van der Waals surface area contributed by atoms with Crippen LogP contribution in [-0.2, 0) is 6.18 Å². The van der Waals surface area contributed by atoms with E-state index in [1.807, 2.05) is 0 Å². The molecule has 0 heterocycles. The Labute approximate surface area is 116 Å². The Kier molecular flexibility index (Phi) is 3.74. The normalized spacial score (nSPS) is 11.7. The zero-order valence-corrected chi connectivity index (χ0v) is 10.7. The second kappa shape index (κ2) is 5.02. The van der Waals surface area contributed by atoms with Crippen molar-refractivity contribution in [3.05, 3.63) is 57.8 Å². The number of hydrogen-bond donors (Lipinski definition) is 0. The van der Waals surface area contributed by atoms with Crippen LogP contribution in [0.25, 0.3) is 11.1 Å². The van der Waals surface area contributed by atoms with Crippen molar-refractivity contribution in [1.29, 1.82) is 0 Å². The van der Waals surface area contributed by atoms with Crippen molar-refractivity contribution in [3.63, 3.8) is 0 Å². The maximum atomic E-state index is 13.4. The van der Waals surface area contributed by atoms with Crippen molar-refractivity contribution in [2.45, 2.75) is 6.18 Å². The number of halogens is 6. The molecular formula is C13H6Cl2F4. The van der Waals surface area contributed by atoms with Gasteiger partial charge in [0.1, 0.15) is 5.82 Å². The second-order valence-electron chi connectivity index (χ2n) is 3.79. The van der Waals surface area contributed by atoms with E-state index in [0.29, 0.717) is 0 Å². The van der Waals surface area contributed by atoms with Crippen LogP contribution in [0.5, 0.6) is 0 Å². The van der Waals surface area contributed by atoms with Gasteiger partial charge >= 0.3 is 6.18 Å². The fourth-order valence-corrected chi connectivity index (χ4v) is 2.01. The van der Waals surface area contributed by atoms with Crippen LogP contribution in [0.1, 0.15) is 5.56 Å². The maximum Gasteiger partial charge on any atom is 0.419 e. The summed E-state index contributed by atoms with van der Waals surface area (Å²) in [7, 11) is 0. The first-order valence-corrected chi connectivity index (χ1v) is 5.87. The van der Waals surface area contributed by atoms with Crippen LogP contribution in [0.3, 0.4) is 0 Å². The number of benzene rings is 2. The van der Waals surface area contributed by atoms with Gasteiger partial charge in [-0.15, -0.1) is 0 Å². The highest BCUT2D eigenvalue weighted by Gasteiger charge is 2.37. The summed E-state index contributed by atoms with van der Waals surface area (Å²) >= 11 is 11.5. The van der Waals surface area contributed by atoms with Gasteiger partial charge in [0.25, 0.3) is 0 Å². The first-order valence-electron chi connectivity index (χ1n) is 5.12. The van der Waals surface area contributed by atoms with Gasteiger partial charge in [-0.2, -0.15) is 13.2 Å². The van der Waals surface area contributed by atoms with E-state index in [4.69, 9.17) is 23.2 Å². The minimum absolute atomic E-state index is 0.108. The molecule has 6 heteroatoms. The first-order chi connectivity index (χ1) is 8.80. The summed E-state index contributed by atoms with van der Waals surface area (Å²) in [5.41, 5.74) is -1.43. The van der Waals surface area contributed by atoms with Gasteiger partial charge in [0.15, 0.2) is 0 Å². The van der Waals surface area contributed by atoms with E-state index >= 15 is 0 Å². The molecule has 0 atom stereocenters. The molecule has 2 aromatic carbocycles. The molecule has 0 saturated carbocycles. The van der Waals surface area contributed by atoms with Crippen molar-refractivity contribution < 1.29 is 17.6 Å². The van der Waals surface area contributed by atoms with Crippen molar-refractivity contribution in [3.8, 4) is 11.1 Å². The molecule has 0 nitrogen and oxygen atoms in total. The van der Waals surface area contributed by atoms with Crippen LogP contribution in [0.15, 0.2) is 36.4 Å². The molecule has 0 saturated heterocycles. The summed E-state index contributed by atoms with van der Waals surface area (Å²) in [6.07, 6.45) is -4.78. The highest BCUT2D eigenvalue weighted by molar-refractivity contribution is 6.42. The van der Waals surface area contributed by atoms with E-state index in [0.717, 1.165) is 6.07 Å². The van der Waals surface area contributed by atoms with E-state index in [1.54, 1.807) is 0 Å². The Morgan fingerprint density at radius 2 is 1.58 bits per heavy atom. The van der Waals surface area contributed by atoms with Gasteiger partial charge in [0.05, 0.1) is 15.6 Å². The number of alkyl halides is 3. The minimum Gasteiger partial charge on any atom is -0.206 e. The fraction of sp³-hybridized carbons (Fsp3) is 0.0769. The van der Waals surface area contributed by atoms with Crippen molar-refractivity contribution in [1.82, 2.24) is 0 Å². The predicted molar refractivity (Wildman–Crippen MR) is 66.9 cm³/mol. The quantitative estimate of drug-likeness (QED) is 0.582. The molecule has 0 amide bonds. The monoisotopic (exact) mass is 308 g/mol. The Hall–Kier alpha value is -1.26. The molecule has 0 bridgehead atoms. The third-order valence-electron chi connectivity index (χ3n) is 2.53. The van der Waals surface area contributed by atoms with Crippen molar-refractivity contribution >= 4 is 23.2 Å². The van der Waals surface area contributed by atoms with Gasteiger partial charge in [0, 0.05) is 0 Å². The third-order valence-corrected chi connectivity index (χ3v) is 3.27. The smallest absolute Gasteiger partial charge is 0.206 e. The molecule has 0 aliphatic rings. The minimum atomic E-state index is -4.78. The molecular weight excluding hydrogens is 303 g/mol. The fourth-order valence-electron chi connectivity index (χ4n) is 1.72. The zero-order chi connectivity index (χ0) is 14.2. The molecule has 0 aliphatic carbocycles. The lowest BCUT2D eigenvalue weighted by Crippen LogP contribution is -2.10. The van der Waals surface area contributed by atoms with Crippen LogP contribution in [0.4, 0.5) is 17.6 Å². The molecule has 0 aliphatic heterocycles. The van der Waals surface area contributed by atoms with Gasteiger partial charge < -0.3 is 0 Å². The number of rotatable bonds is 1. The summed E-state index contributed by atoms with van der Waals surface area (Å²) in [4.78, 5) is 0. The number of hydrogen-bond acceptors (Lipinski definition) is 0. The molecule has 2 aromatic rings. The van der Waals surface area contributed by atoms with E-state index in [-0.39, 0.29) is 21.2 Å². The maximum absolute atomic E-state index is 13.4. The van der Waals surface area contributed by atoms with E-state index in [1.165, 1.54) is 30.3 Å². The predicted octanol–water partition coefficient (Wildman–Crippen LogP) is 5.82. The summed E-state index contributed by atoms with van der Waals surface area (Å²) in [5, 5.41) is 0.326. The van der Waals surface area contributed by atoms with Gasteiger partial charge in [-0.3, -0.25) is 0 Å². The molecule has 0 radical (unpaired) electrons. The molecule has 2 rings (SSSR count). The summed E-state index contributed by atoms with van der Waals surface area (Å²) in [6, 6.07) is 7.16. The van der Waals surface area contributed by atoms with E-state index < -0.39 is 17.6 Å². The van der Waals surface area contributed by atoms with Crippen LogP contribution in [0, 0.1) is 5.82 Å². The van der Waals surface area contributed by atoms with Crippen LogP contribution >= 0.6 is 23.2 Å². The van der Waals surface area contributed by atoms with Crippen molar-refractivity contribution in [2.75, 3.05) is 0 Å². The molecule has 100 valence electrons. The molecule has 19 heavy (non-hydrogen) atoms. The van der Waals surface area contributed by atoms with Crippen molar-refractivity contribution in [2.24, 2.45) is 0 Å².